The molecule has 2 aromatic heterocycles. The molecule has 29 heavy (non-hydrogen) atoms. The summed E-state index contributed by atoms with van der Waals surface area (Å²) in [7, 11) is 0. The Morgan fingerprint density at radius 1 is 1.24 bits per heavy atom. The molecular formula is C21H24Cl2N4OS. The second-order valence-corrected chi connectivity index (χ2v) is 10.0. The summed E-state index contributed by atoms with van der Waals surface area (Å²) >= 11 is 14.5. The Kier molecular flexibility index (Phi) is 5.64. The van der Waals surface area contributed by atoms with Gasteiger partial charge in [0.05, 0.1) is 21.3 Å². The van der Waals surface area contributed by atoms with Crippen LogP contribution in [0.5, 0.6) is 0 Å². The number of benzene rings is 1. The fourth-order valence-corrected chi connectivity index (χ4v) is 5.27. The smallest absolute Gasteiger partial charge is 0.246 e. The molecule has 0 saturated carbocycles. The molecule has 3 aromatic rings. The number of aromatic nitrogens is 2. The molecule has 2 N–H and O–H groups in total. The lowest BCUT2D eigenvalue weighted by atomic mass is 9.93. The number of amides is 1. The third kappa shape index (κ3) is 4.04. The largest absolute Gasteiger partial charge is 0.334 e. The van der Waals surface area contributed by atoms with E-state index in [0.29, 0.717) is 15.2 Å². The number of nitrogens with one attached hydrogen (secondary N) is 2. The van der Waals surface area contributed by atoms with Gasteiger partial charge in [-0.3, -0.25) is 4.79 Å². The Morgan fingerprint density at radius 2 is 1.97 bits per heavy atom. The zero-order valence-corrected chi connectivity index (χ0v) is 19.1. The Bertz CT molecular complexity index is 1080. The monoisotopic (exact) mass is 450 g/mol. The highest BCUT2D eigenvalue weighted by molar-refractivity contribution is 7.13. The van der Waals surface area contributed by atoms with E-state index in [1.165, 1.54) is 16.9 Å². The molecule has 0 spiro atoms. The number of halogens is 2. The minimum absolute atomic E-state index is 0.0509. The van der Waals surface area contributed by atoms with Gasteiger partial charge < -0.3 is 15.2 Å². The molecule has 8 heteroatoms. The van der Waals surface area contributed by atoms with Crippen molar-refractivity contribution in [1.29, 1.82) is 0 Å². The highest BCUT2D eigenvalue weighted by Crippen LogP contribution is 2.37. The third-order valence-electron chi connectivity index (χ3n) is 5.23. The highest BCUT2D eigenvalue weighted by Gasteiger charge is 2.24. The van der Waals surface area contributed by atoms with E-state index in [-0.39, 0.29) is 17.9 Å². The Hall–Kier alpha value is -1.60. The Balaban J connectivity index is 1.69. The van der Waals surface area contributed by atoms with Gasteiger partial charge in [-0.25, -0.2) is 4.98 Å². The predicted molar refractivity (Wildman–Crippen MR) is 122 cm³/mol. The quantitative estimate of drug-likeness (QED) is 0.587. The minimum Gasteiger partial charge on any atom is -0.334 e. The summed E-state index contributed by atoms with van der Waals surface area (Å²) in [5.41, 5.74) is 4.08. The lowest BCUT2D eigenvalue weighted by Gasteiger charge is -2.14. The summed E-state index contributed by atoms with van der Waals surface area (Å²) in [6, 6.07) is 3.63. The minimum atomic E-state index is -0.118. The number of thiazole rings is 1. The van der Waals surface area contributed by atoms with Gasteiger partial charge >= 0.3 is 0 Å². The van der Waals surface area contributed by atoms with Gasteiger partial charge in [-0.2, -0.15) is 0 Å². The lowest BCUT2D eigenvalue weighted by Crippen LogP contribution is -2.22. The number of hydrogen-bond acceptors (Lipinski definition) is 4. The van der Waals surface area contributed by atoms with Crippen LogP contribution < -0.4 is 10.6 Å². The number of hydrogen-bond donors (Lipinski definition) is 2. The van der Waals surface area contributed by atoms with Crippen molar-refractivity contribution >= 4 is 56.5 Å². The van der Waals surface area contributed by atoms with Crippen molar-refractivity contribution in [2.75, 3.05) is 18.4 Å². The van der Waals surface area contributed by atoms with Crippen LogP contribution in [0.1, 0.15) is 37.7 Å². The summed E-state index contributed by atoms with van der Waals surface area (Å²) in [4.78, 5) is 17.5. The molecule has 0 fully saturated rings. The van der Waals surface area contributed by atoms with E-state index in [1.54, 1.807) is 6.07 Å². The van der Waals surface area contributed by atoms with Crippen LogP contribution in [-0.4, -0.2) is 28.5 Å². The maximum Gasteiger partial charge on any atom is 0.246 e. The molecule has 0 unspecified atom stereocenters. The molecule has 1 aromatic carbocycles. The lowest BCUT2D eigenvalue weighted by molar-refractivity contribution is -0.116. The molecule has 1 aliphatic rings. The van der Waals surface area contributed by atoms with E-state index in [2.05, 4.69) is 36.4 Å². The zero-order valence-electron chi connectivity index (χ0n) is 16.7. The fourth-order valence-electron chi connectivity index (χ4n) is 3.79. The van der Waals surface area contributed by atoms with Crippen molar-refractivity contribution < 1.29 is 4.79 Å². The summed E-state index contributed by atoms with van der Waals surface area (Å²) in [5, 5.41) is 11.2. The zero-order chi connectivity index (χ0) is 20.8. The van der Waals surface area contributed by atoms with Crippen LogP contribution in [0.4, 0.5) is 5.13 Å². The number of carbonyl (C=O) groups is 1. The van der Waals surface area contributed by atoms with E-state index in [9.17, 15) is 4.79 Å². The normalized spacial score (nSPS) is 14.7. The van der Waals surface area contributed by atoms with Crippen LogP contribution in [0.3, 0.4) is 0 Å². The molecule has 0 atom stereocenters. The highest BCUT2D eigenvalue weighted by atomic mass is 35.5. The number of rotatable bonds is 3. The summed E-state index contributed by atoms with van der Waals surface area (Å²) < 4.78 is 2.03. The van der Waals surface area contributed by atoms with Crippen molar-refractivity contribution in [2.24, 2.45) is 0 Å². The van der Waals surface area contributed by atoms with E-state index in [4.69, 9.17) is 23.2 Å². The van der Waals surface area contributed by atoms with E-state index in [1.807, 2.05) is 16.0 Å². The number of nitrogens with zero attached hydrogens (tertiary/aromatic N) is 2. The maximum absolute atomic E-state index is 12.9. The van der Waals surface area contributed by atoms with Crippen molar-refractivity contribution in [2.45, 2.75) is 45.6 Å². The third-order valence-corrected chi connectivity index (χ3v) is 6.61. The summed E-state index contributed by atoms with van der Waals surface area (Å²) in [6.45, 7) is 8.24. The molecule has 0 saturated heterocycles. The van der Waals surface area contributed by atoms with E-state index < -0.39 is 0 Å². The van der Waals surface area contributed by atoms with Gasteiger partial charge in [0.25, 0.3) is 0 Å². The van der Waals surface area contributed by atoms with Crippen LogP contribution in [0.15, 0.2) is 17.5 Å². The first-order chi connectivity index (χ1) is 13.8. The van der Waals surface area contributed by atoms with Gasteiger partial charge in [-0.1, -0.05) is 44.0 Å². The average molecular weight is 451 g/mol. The molecule has 0 aliphatic carbocycles. The van der Waals surface area contributed by atoms with Crippen molar-refractivity contribution in [1.82, 2.24) is 14.9 Å². The first-order valence-electron chi connectivity index (χ1n) is 9.70. The van der Waals surface area contributed by atoms with Crippen LogP contribution in [0.25, 0.3) is 10.9 Å². The number of carbonyl (C=O) groups excluding carboxylic acids is 1. The van der Waals surface area contributed by atoms with Gasteiger partial charge in [-0.15, -0.1) is 11.3 Å². The van der Waals surface area contributed by atoms with Gasteiger partial charge in [0.2, 0.25) is 5.91 Å². The van der Waals surface area contributed by atoms with Gasteiger partial charge in [0.1, 0.15) is 6.54 Å². The standard InChI is InChI=1S/C21H24Cl2N4OS/c1-21(2,3)16-11-29-20(25-16)26-17(28)10-27-15-7-9-24-8-6-12(15)18-13(22)4-5-14(23)19(18)27/h4-5,11,24H,6-10H2,1-3H3,(H,25,26,28). The number of anilines is 1. The summed E-state index contributed by atoms with van der Waals surface area (Å²) in [6.07, 6.45) is 1.69. The van der Waals surface area contributed by atoms with Crippen LogP contribution >= 0.6 is 34.5 Å². The second-order valence-electron chi connectivity index (χ2n) is 8.35. The van der Waals surface area contributed by atoms with Crippen LogP contribution in [0.2, 0.25) is 10.0 Å². The van der Waals surface area contributed by atoms with Crippen molar-refractivity contribution in [3.05, 3.63) is 44.5 Å². The molecular weight excluding hydrogens is 427 g/mol. The predicted octanol–water partition coefficient (Wildman–Crippen LogP) is 5.03. The molecule has 154 valence electrons. The van der Waals surface area contributed by atoms with Crippen molar-refractivity contribution in [3.63, 3.8) is 0 Å². The summed E-state index contributed by atoms with van der Waals surface area (Å²) in [5.74, 6) is -0.118. The molecule has 5 nitrogen and oxygen atoms in total. The first-order valence-corrected chi connectivity index (χ1v) is 11.3. The maximum atomic E-state index is 12.9. The van der Waals surface area contributed by atoms with E-state index >= 15 is 0 Å². The van der Waals surface area contributed by atoms with Crippen LogP contribution in [-0.2, 0) is 29.6 Å². The van der Waals surface area contributed by atoms with E-state index in [0.717, 1.165) is 48.2 Å². The van der Waals surface area contributed by atoms with Crippen LogP contribution in [0, 0.1) is 0 Å². The fraction of sp³-hybridized carbons (Fsp3) is 0.429. The molecule has 0 radical (unpaired) electrons. The Labute approximate surface area is 184 Å². The number of fused-ring (bicyclic) bond motifs is 3. The molecule has 0 bridgehead atoms. The molecule has 1 aliphatic heterocycles. The SMILES string of the molecule is CC(C)(C)c1csc(NC(=O)Cn2c3c(c4c(Cl)ccc(Cl)c42)CCNCC3)n1. The van der Waals surface area contributed by atoms with Gasteiger partial charge in [0, 0.05) is 34.8 Å². The molecule has 4 rings (SSSR count). The molecule has 3 heterocycles. The topological polar surface area (TPSA) is 59.0 Å². The second kappa shape index (κ2) is 7.91. The Morgan fingerprint density at radius 3 is 2.69 bits per heavy atom. The van der Waals surface area contributed by atoms with Crippen molar-refractivity contribution in [3.8, 4) is 0 Å². The first kappa shape index (κ1) is 20.7. The van der Waals surface area contributed by atoms with Gasteiger partial charge in [0.15, 0.2) is 5.13 Å². The molecule has 1 amide bonds. The van der Waals surface area contributed by atoms with Gasteiger partial charge in [-0.05, 0) is 30.7 Å². The average Bonchev–Trinajstić information content (AvgIpc) is 3.14.